The minimum Gasteiger partial charge on any atom is -0.388 e. The topological polar surface area (TPSA) is 42.1 Å². The van der Waals surface area contributed by atoms with Crippen LogP contribution in [0.1, 0.15) is 31.9 Å². The second kappa shape index (κ2) is 6.43. The molecule has 0 bridgehead atoms. The number of thiocarbonyl (C=S) groups is 1. The van der Waals surface area contributed by atoms with Crippen LogP contribution in [0.3, 0.4) is 0 Å². The van der Waals surface area contributed by atoms with E-state index in [9.17, 15) is 0 Å². The maximum Gasteiger partial charge on any atom is 0.129 e. The van der Waals surface area contributed by atoms with Crippen LogP contribution in [0.15, 0.2) is 18.2 Å². The molecule has 2 N–H and O–H groups in total. The molecular weight excluding hydrogens is 218 g/mol. The number of hydrogen-bond acceptors (Lipinski definition) is 3. The van der Waals surface area contributed by atoms with E-state index in [2.05, 4.69) is 16.8 Å². The molecule has 0 spiro atoms. The molecule has 1 heterocycles. The SMILES string of the molecule is CCCCCN(C)c1cccc(C(N)=S)n1. The van der Waals surface area contributed by atoms with E-state index in [4.69, 9.17) is 18.0 Å². The minimum absolute atomic E-state index is 0.351. The molecule has 0 radical (unpaired) electrons. The Morgan fingerprint density at radius 1 is 1.44 bits per heavy atom. The Kier molecular flexibility index (Phi) is 5.19. The first-order valence-corrected chi connectivity index (χ1v) is 6.04. The lowest BCUT2D eigenvalue weighted by molar-refractivity contribution is 0.701. The van der Waals surface area contributed by atoms with Crippen LogP contribution in [0.25, 0.3) is 0 Å². The van der Waals surface area contributed by atoms with E-state index in [-0.39, 0.29) is 0 Å². The number of aromatic nitrogens is 1. The molecular formula is C12H19N3S. The van der Waals surface area contributed by atoms with Gasteiger partial charge in [0.05, 0.1) is 5.69 Å². The monoisotopic (exact) mass is 237 g/mol. The largest absolute Gasteiger partial charge is 0.388 e. The number of unbranched alkanes of at least 4 members (excludes halogenated alkanes) is 2. The standard InChI is InChI=1S/C12H19N3S/c1-3-4-5-9-15(2)11-8-6-7-10(14-11)12(13)16/h6-8H,3-5,9H2,1-2H3,(H2,13,16). The first kappa shape index (κ1) is 12.9. The maximum absolute atomic E-state index is 5.55. The predicted octanol–water partition coefficient (Wildman–Crippen LogP) is 2.34. The second-order valence-electron chi connectivity index (χ2n) is 3.87. The van der Waals surface area contributed by atoms with Crippen molar-refractivity contribution in [1.29, 1.82) is 0 Å². The molecule has 0 unspecified atom stereocenters. The van der Waals surface area contributed by atoms with Gasteiger partial charge in [0, 0.05) is 13.6 Å². The Morgan fingerprint density at radius 3 is 2.81 bits per heavy atom. The van der Waals surface area contributed by atoms with Gasteiger partial charge in [0.15, 0.2) is 0 Å². The Balaban J connectivity index is 2.64. The molecule has 0 aromatic carbocycles. The van der Waals surface area contributed by atoms with Crippen molar-refractivity contribution < 1.29 is 0 Å². The lowest BCUT2D eigenvalue weighted by Gasteiger charge is -2.18. The molecule has 0 saturated heterocycles. The van der Waals surface area contributed by atoms with E-state index in [1.165, 1.54) is 19.3 Å². The molecule has 0 aliphatic heterocycles. The number of rotatable bonds is 6. The third-order valence-corrected chi connectivity index (χ3v) is 2.68. The highest BCUT2D eigenvalue weighted by Gasteiger charge is 2.04. The van der Waals surface area contributed by atoms with Crippen molar-refractivity contribution >= 4 is 23.0 Å². The number of pyridine rings is 1. The Labute approximate surface area is 103 Å². The molecule has 1 aromatic rings. The summed E-state index contributed by atoms with van der Waals surface area (Å²) in [7, 11) is 2.04. The summed E-state index contributed by atoms with van der Waals surface area (Å²) in [6.45, 7) is 3.22. The van der Waals surface area contributed by atoms with Gasteiger partial charge in [0.1, 0.15) is 10.8 Å². The van der Waals surface area contributed by atoms with Gasteiger partial charge in [-0.05, 0) is 18.6 Å². The van der Waals surface area contributed by atoms with E-state index in [0.29, 0.717) is 10.7 Å². The summed E-state index contributed by atoms with van der Waals surface area (Å²) in [6, 6.07) is 5.76. The van der Waals surface area contributed by atoms with Crippen molar-refractivity contribution in [3.63, 3.8) is 0 Å². The summed E-state index contributed by atoms with van der Waals surface area (Å²) in [5.41, 5.74) is 6.24. The van der Waals surface area contributed by atoms with Gasteiger partial charge in [0.25, 0.3) is 0 Å². The van der Waals surface area contributed by atoms with Gasteiger partial charge < -0.3 is 10.6 Å². The summed E-state index contributed by atoms with van der Waals surface area (Å²) in [6.07, 6.45) is 3.67. The quantitative estimate of drug-likeness (QED) is 0.609. The average Bonchev–Trinajstić information content (AvgIpc) is 2.29. The summed E-state index contributed by atoms with van der Waals surface area (Å²) in [5.74, 6) is 0.932. The minimum atomic E-state index is 0.351. The van der Waals surface area contributed by atoms with Crippen molar-refractivity contribution in [1.82, 2.24) is 4.98 Å². The van der Waals surface area contributed by atoms with Crippen LogP contribution in [0.2, 0.25) is 0 Å². The van der Waals surface area contributed by atoms with E-state index >= 15 is 0 Å². The first-order chi connectivity index (χ1) is 7.65. The average molecular weight is 237 g/mol. The van der Waals surface area contributed by atoms with Crippen molar-refractivity contribution in [2.75, 3.05) is 18.5 Å². The summed E-state index contributed by atoms with van der Waals surface area (Å²) < 4.78 is 0. The van der Waals surface area contributed by atoms with Crippen LogP contribution < -0.4 is 10.6 Å². The molecule has 16 heavy (non-hydrogen) atoms. The highest BCUT2D eigenvalue weighted by Crippen LogP contribution is 2.10. The number of hydrogen-bond donors (Lipinski definition) is 1. The van der Waals surface area contributed by atoms with Gasteiger partial charge >= 0.3 is 0 Å². The number of anilines is 1. The normalized spacial score (nSPS) is 10.1. The maximum atomic E-state index is 5.55. The summed E-state index contributed by atoms with van der Waals surface area (Å²) >= 11 is 4.91. The zero-order valence-electron chi connectivity index (χ0n) is 9.94. The first-order valence-electron chi connectivity index (χ1n) is 5.63. The van der Waals surface area contributed by atoms with Crippen LogP contribution >= 0.6 is 12.2 Å². The van der Waals surface area contributed by atoms with Gasteiger partial charge in [-0.3, -0.25) is 0 Å². The van der Waals surface area contributed by atoms with E-state index in [0.717, 1.165) is 12.4 Å². The zero-order valence-corrected chi connectivity index (χ0v) is 10.8. The fraction of sp³-hybridized carbons (Fsp3) is 0.500. The molecule has 0 atom stereocenters. The van der Waals surface area contributed by atoms with Gasteiger partial charge in [-0.1, -0.05) is 38.0 Å². The zero-order chi connectivity index (χ0) is 12.0. The van der Waals surface area contributed by atoms with Gasteiger partial charge in [0.2, 0.25) is 0 Å². The van der Waals surface area contributed by atoms with Gasteiger partial charge in [-0.15, -0.1) is 0 Å². The molecule has 1 aromatic heterocycles. The molecule has 4 heteroatoms. The van der Waals surface area contributed by atoms with Crippen LogP contribution in [-0.4, -0.2) is 23.6 Å². The molecule has 0 fully saturated rings. The van der Waals surface area contributed by atoms with Crippen molar-refractivity contribution in [2.24, 2.45) is 5.73 Å². The Hall–Kier alpha value is -1.16. The molecule has 0 aliphatic rings. The highest BCUT2D eigenvalue weighted by molar-refractivity contribution is 7.80. The van der Waals surface area contributed by atoms with E-state index in [1.54, 1.807) is 0 Å². The van der Waals surface area contributed by atoms with Crippen molar-refractivity contribution in [3.05, 3.63) is 23.9 Å². The highest BCUT2D eigenvalue weighted by atomic mass is 32.1. The predicted molar refractivity (Wildman–Crippen MR) is 72.9 cm³/mol. The van der Waals surface area contributed by atoms with Crippen LogP contribution in [0, 0.1) is 0 Å². The Bertz CT molecular complexity index is 352. The molecule has 0 saturated carbocycles. The third-order valence-electron chi connectivity index (χ3n) is 2.48. The molecule has 3 nitrogen and oxygen atoms in total. The second-order valence-corrected chi connectivity index (χ2v) is 4.31. The number of nitrogens with zero attached hydrogens (tertiary/aromatic N) is 2. The number of nitrogens with two attached hydrogens (primary N) is 1. The smallest absolute Gasteiger partial charge is 0.129 e. The van der Waals surface area contributed by atoms with Crippen LogP contribution in [-0.2, 0) is 0 Å². The fourth-order valence-corrected chi connectivity index (χ4v) is 1.60. The van der Waals surface area contributed by atoms with Crippen LogP contribution in [0.4, 0.5) is 5.82 Å². The summed E-state index contributed by atoms with van der Waals surface area (Å²) in [4.78, 5) is 6.90. The molecule has 1 rings (SSSR count). The molecule has 0 aliphatic carbocycles. The van der Waals surface area contributed by atoms with Gasteiger partial charge in [-0.25, -0.2) is 4.98 Å². The third kappa shape index (κ3) is 3.77. The van der Waals surface area contributed by atoms with Crippen LogP contribution in [0.5, 0.6) is 0 Å². The lowest BCUT2D eigenvalue weighted by Crippen LogP contribution is -2.21. The molecule has 0 amide bonds. The molecule has 88 valence electrons. The van der Waals surface area contributed by atoms with E-state index in [1.807, 2.05) is 25.2 Å². The van der Waals surface area contributed by atoms with Crippen molar-refractivity contribution in [3.8, 4) is 0 Å². The van der Waals surface area contributed by atoms with Gasteiger partial charge in [-0.2, -0.15) is 0 Å². The van der Waals surface area contributed by atoms with Crippen molar-refractivity contribution in [2.45, 2.75) is 26.2 Å². The fourth-order valence-electron chi connectivity index (χ4n) is 1.49. The Morgan fingerprint density at radius 2 is 2.19 bits per heavy atom. The summed E-state index contributed by atoms with van der Waals surface area (Å²) in [5, 5.41) is 0. The lowest BCUT2D eigenvalue weighted by atomic mass is 10.2. The van der Waals surface area contributed by atoms with E-state index < -0.39 is 0 Å².